The summed E-state index contributed by atoms with van der Waals surface area (Å²) in [5.74, 6) is -4.10. The van der Waals surface area contributed by atoms with Gasteiger partial charge >= 0.3 is 0 Å². The van der Waals surface area contributed by atoms with Crippen molar-refractivity contribution in [2.45, 2.75) is 25.2 Å². The van der Waals surface area contributed by atoms with Crippen LogP contribution in [-0.2, 0) is 26.1 Å². The SMILES string of the molecule is CS(=O)(=O)NC(=O)C1C=C(C2CC2)C=CC1(F)OCC1CN(Cc2ccccc2)C1. The van der Waals surface area contributed by atoms with Crippen LogP contribution in [-0.4, -0.2) is 51.0 Å². The molecule has 0 spiro atoms. The van der Waals surface area contributed by atoms with E-state index < -0.39 is 27.7 Å². The summed E-state index contributed by atoms with van der Waals surface area (Å²) in [5, 5.41) is 0. The molecule has 1 heterocycles. The first-order chi connectivity index (χ1) is 14.2. The van der Waals surface area contributed by atoms with Crippen molar-refractivity contribution in [2.75, 3.05) is 26.0 Å². The maximum Gasteiger partial charge on any atom is 0.246 e. The second-order valence-electron chi connectivity index (χ2n) is 8.54. The van der Waals surface area contributed by atoms with Crippen LogP contribution in [0, 0.1) is 17.8 Å². The van der Waals surface area contributed by atoms with E-state index in [0.717, 1.165) is 44.3 Å². The summed E-state index contributed by atoms with van der Waals surface area (Å²) in [5.41, 5.74) is 2.10. The minimum Gasteiger partial charge on any atom is -0.341 e. The monoisotopic (exact) mass is 434 g/mol. The largest absolute Gasteiger partial charge is 0.341 e. The second-order valence-corrected chi connectivity index (χ2v) is 10.3. The van der Waals surface area contributed by atoms with Gasteiger partial charge in [0.2, 0.25) is 21.8 Å². The molecule has 6 nitrogen and oxygen atoms in total. The average molecular weight is 435 g/mol. The van der Waals surface area contributed by atoms with Gasteiger partial charge in [-0.05, 0) is 36.0 Å². The minimum atomic E-state index is -3.79. The van der Waals surface area contributed by atoms with Crippen molar-refractivity contribution in [2.24, 2.45) is 17.8 Å². The lowest BCUT2D eigenvalue weighted by Gasteiger charge is -2.41. The number of sulfonamides is 1. The number of hydrogen-bond acceptors (Lipinski definition) is 5. The smallest absolute Gasteiger partial charge is 0.246 e. The number of carbonyl (C=O) groups excluding carboxylic acids is 1. The van der Waals surface area contributed by atoms with E-state index >= 15 is 4.39 Å². The molecule has 1 aliphatic heterocycles. The Morgan fingerprint density at radius 3 is 2.60 bits per heavy atom. The van der Waals surface area contributed by atoms with Gasteiger partial charge in [-0.15, -0.1) is 0 Å². The molecule has 3 aliphatic rings. The molecule has 1 saturated heterocycles. The van der Waals surface area contributed by atoms with Gasteiger partial charge in [0.05, 0.1) is 12.9 Å². The number of carbonyl (C=O) groups is 1. The van der Waals surface area contributed by atoms with Gasteiger partial charge in [-0.3, -0.25) is 14.4 Å². The lowest BCUT2D eigenvalue weighted by Crippen LogP contribution is -2.51. The Bertz CT molecular complexity index is 953. The highest BCUT2D eigenvalue weighted by atomic mass is 32.2. The molecule has 4 rings (SSSR count). The zero-order chi connectivity index (χ0) is 21.4. The van der Waals surface area contributed by atoms with E-state index in [4.69, 9.17) is 4.74 Å². The van der Waals surface area contributed by atoms with Crippen molar-refractivity contribution in [3.05, 3.63) is 59.7 Å². The minimum absolute atomic E-state index is 0.168. The molecule has 8 heteroatoms. The number of rotatable bonds is 8. The number of alkyl halides is 1. The quantitative estimate of drug-likeness (QED) is 0.680. The zero-order valence-corrected chi connectivity index (χ0v) is 17.8. The molecule has 2 atom stereocenters. The maximum atomic E-state index is 15.7. The van der Waals surface area contributed by atoms with Gasteiger partial charge in [0, 0.05) is 25.6 Å². The summed E-state index contributed by atoms with van der Waals surface area (Å²) in [6.45, 7) is 2.59. The Hall–Kier alpha value is -2.03. The fourth-order valence-electron chi connectivity index (χ4n) is 4.00. The number of nitrogens with one attached hydrogen (secondary N) is 1. The highest BCUT2D eigenvalue weighted by molar-refractivity contribution is 7.89. The van der Waals surface area contributed by atoms with Crippen LogP contribution in [0.3, 0.4) is 0 Å². The van der Waals surface area contributed by atoms with Gasteiger partial charge < -0.3 is 4.74 Å². The molecule has 2 aliphatic carbocycles. The van der Waals surface area contributed by atoms with E-state index in [1.165, 1.54) is 17.7 Å². The molecule has 0 aromatic heterocycles. The lowest BCUT2D eigenvalue weighted by molar-refractivity contribution is -0.166. The molecule has 2 unspecified atom stereocenters. The predicted molar refractivity (Wildman–Crippen MR) is 111 cm³/mol. The summed E-state index contributed by atoms with van der Waals surface area (Å²) in [4.78, 5) is 14.8. The number of amides is 1. The first-order valence-corrected chi connectivity index (χ1v) is 12.1. The van der Waals surface area contributed by atoms with E-state index in [0.29, 0.717) is 5.92 Å². The molecule has 1 aromatic carbocycles. The molecule has 0 bridgehead atoms. The van der Waals surface area contributed by atoms with Gasteiger partial charge in [-0.1, -0.05) is 42.5 Å². The molecule has 0 radical (unpaired) electrons. The third-order valence-corrected chi connectivity index (χ3v) is 6.30. The Morgan fingerprint density at radius 2 is 1.97 bits per heavy atom. The topological polar surface area (TPSA) is 75.7 Å². The van der Waals surface area contributed by atoms with Gasteiger partial charge in [-0.2, -0.15) is 0 Å². The van der Waals surface area contributed by atoms with Crippen molar-refractivity contribution < 1.29 is 22.3 Å². The highest BCUT2D eigenvalue weighted by Gasteiger charge is 2.46. The molecule has 1 N–H and O–H groups in total. The molecular formula is C22H27FN2O4S. The van der Waals surface area contributed by atoms with Crippen LogP contribution in [0.4, 0.5) is 4.39 Å². The van der Waals surface area contributed by atoms with Gasteiger partial charge in [0.1, 0.15) is 5.92 Å². The molecule has 2 fully saturated rings. The summed E-state index contributed by atoms with van der Waals surface area (Å²) in [6, 6.07) is 10.1. The highest BCUT2D eigenvalue weighted by Crippen LogP contribution is 2.43. The van der Waals surface area contributed by atoms with Gasteiger partial charge in [0.25, 0.3) is 0 Å². The lowest BCUT2D eigenvalue weighted by atomic mass is 9.88. The molecule has 162 valence electrons. The standard InChI is InChI=1S/C22H27FN2O4S/c1-30(27,28)24-21(26)20-11-19(18-7-8-18)9-10-22(20,23)29-15-17-13-25(14-17)12-16-5-3-2-4-6-16/h2-6,9-11,17-18,20H,7-8,12-15H2,1H3,(H,24,26). The summed E-state index contributed by atoms with van der Waals surface area (Å²) in [6.07, 6.45) is 7.34. The summed E-state index contributed by atoms with van der Waals surface area (Å²) < 4.78 is 46.1. The number of nitrogens with zero attached hydrogens (tertiary/aromatic N) is 1. The molecule has 1 saturated carbocycles. The number of ether oxygens (including phenoxy) is 1. The Kier molecular flexibility index (Phi) is 5.83. The first kappa shape index (κ1) is 21.2. The van der Waals surface area contributed by atoms with Crippen molar-refractivity contribution in [1.29, 1.82) is 0 Å². The molecule has 1 amide bonds. The van der Waals surface area contributed by atoms with Crippen LogP contribution >= 0.6 is 0 Å². The third-order valence-electron chi connectivity index (χ3n) is 5.73. The van der Waals surface area contributed by atoms with E-state index in [1.54, 1.807) is 6.08 Å². The summed E-state index contributed by atoms with van der Waals surface area (Å²) >= 11 is 0. The zero-order valence-electron chi connectivity index (χ0n) is 17.0. The maximum absolute atomic E-state index is 15.7. The van der Waals surface area contributed by atoms with E-state index in [-0.39, 0.29) is 12.5 Å². The number of likely N-dealkylation sites (tertiary alicyclic amines) is 1. The van der Waals surface area contributed by atoms with E-state index in [9.17, 15) is 13.2 Å². The molecule has 30 heavy (non-hydrogen) atoms. The van der Waals surface area contributed by atoms with Crippen LogP contribution in [0.2, 0.25) is 0 Å². The molecular weight excluding hydrogens is 407 g/mol. The molecule has 1 aromatic rings. The average Bonchev–Trinajstić information content (AvgIpc) is 3.48. The summed E-state index contributed by atoms with van der Waals surface area (Å²) in [7, 11) is -3.79. The van der Waals surface area contributed by atoms with Crippen LogP contribution in [0.5, 0.6) is 0 Å². The van der Waals surface area contributed by atoms with Crippen molar-refractivity contribution in [3.8, 4) is 0 Å². The number of allylic oxidation sites excluding steroid dienone is 2. The fourth-order valence-corrected chi connectivity index (χ4v) is 4.49. The fraction of sp³-hybridized carbons (Fsp3) is 0.500. The van der Waals surface area contributed by atoms with Gasteiger partial charge in [0.15, 0.2) is 0 Å². The van der Waals surface area contributed by atoms with Gasteiger partial charge in [-0.25, -0.2) is 12.8 Å². The Labute approximate surface area is 176 Å². The van der Waals surface area contributed by atoms with E-state index in [2.05, 4.69) is 17.0 Å². The number of halogens is 1. The van der Waals surface area contributed by atoms with Crippen molar-refractivity contribution >= 4 is 15.9 Å². The third kappa shape index (κ3) is 5.17. The first-order valence-electron chi connectivity index (χ1n) is 10.2. The van der Waals surface area contributed by atoms with Crippen molar-refractivity contribution in [1.82, 2.24) is 9.62 Å². The predicted octanol–water partition coefficient (Wildman–Crippen LogP) is 2.40. The van der Waals surface area contributed by atoms with Crippen LogP contribution < -0.4 is 4.72 Å². The normalized spacial score (nSPS) is 27.4. The Morgan fingerprint density at radius 1 is 1.27 bits per heavy atom. The van der Waals surface area contributed by atoms with Crippen LogP contribution in [0.25, 0.3) is 0 Å². The Balaban J connectivity index is 1.35. The number of hydrogen-bond donors (Lipinski definition) is 1. The number of benzene rings is 1. The van der Waals surface area contributed by atoms with E-state index in [1.807, 2.05) is 22.9 Å². The van der Waals surface area contributed by atoms with Crippen molar-refractivity contribution in [3.63, 3.8) is 0 Å². The van der Waals surface area contributed by atoms with Crippen LogP contribution in [0.15, 0.2) is 54.1 Å². The second kappa shape index (κ2) is 8.24. The van der Waals surface area contributed by atoms with Crippen LogP contribution in [0.1, 0.15) is 18.4 Å².